The number of aryl methyl sites for hydroxylation is 1. The van der Waals surface area contributed by atoms with Crippen molar-refractivity contribution in [2.75, 3.05) is 0 Å². The van der Waals surface area contributed by atoms with Crippen molar-refractivity contribution in [1.82, 2.24) is 10.2 Å². The quantitative estimate of drug-likeness (QED) is 0.916. The highest BCUT2D eigenvalue weighted by Gasteiger charge is 2.45. The molecule has 1 aromatic carbocycles. The van der Waals surface area contributed by atoms with E-state index in [0.29, 0.717) is 13.0 Å². The smallest absolute Gasteiger partial charge is 0.246 e. The van der Waals surface area contributed by atoms with Crippen LogP contribution in [0.2, 0.25) is 0 Å². The van der Waals surface area contributed by atoms with Gasteiger partial charge in [0.05, 0.1) is 0 Å². The molecule has 4 nitrogen and oxygen atoms in total. The lowest BCUT2D eigenvalue weighted by Crippen LogP contribution is -2.67. The number of rotatable bonds is 3. The summed E-state index contributed by atoms with van der Waals surface area (Å²) in [5.74, 6) is -0.0878. The van der Waals surface area contributed by atoms with Gasteiger partial charge in [0.15, 0.2) is 0 Å². The van der Waals surface area contributed by atoms with E-state index < -0.39 is 11.6 Å². The van der Waals surface area contributed by atoms with Gasteiger partial charge in [-0.05, 0) is 32.8 Å². The Bertz CT molecular complexity index is 537. The fourth-order valence-electron chi connectivity index (χ4n) is 2.53. The van der Waals surface area contributed by atoms with Crippen LogP contribution in [0.5, 0.6) is 0 Å². The van der Waals surface area contributed by atoms with Crippen molar-refractivity contribution in [3.05, 3.63) is 35.4 Å². The Morgan fingerprint density at radius 1 is 1.30 bits per heavy atom. The molecular formula is C16H22N2O2. The van der Waals surface area contributed by atoms with E-state index in [2.05, 4.69) is 11.4 Å². The van der Waals surface area contributed by atoms with Crippen LogP contribution >= 0.6 is 0 Å². The number of benzene rings is 1. The molecule has 1 N–H and O–H groups in total. The molecule has 1 aliphatic rings. The van der Waals surface area contributed by atoms with Crippen molar-refractivity contribution in [3.63, 3.8) is 0 Å². The first-order valence-corrected chi connectivity index (χ1v) is 7.04. The van der Waals surface area contributed by atoms with Gasteiger partial charge in [-0.25, -0.2) is 0 Å². The maximum atomic E-state index is 12.5. The number of nitrogens with one attached hydrogen (secondary N) is 1. The SMILES string of the molecule is CCC1NC(=O)C(C)(C)N(Cc2cccc(C)c2)C1=O. The number of piperazine rings is 1. The van der Waals surface area contributed by atoms with Crippen LogP contribution in [0.15, 0.2) is 24.3 Å². The summed E-state index contributed by atoms with van der Waals surface area (Å²) in [4.78, 5) is 26.4. The average molecular weight is 274 g/mol. The Balaban J connectivity index is 2.30. The predicted molar refractivity (Wildman–Crippen MR) is 78.0 cm³/mol. The number of hydrogen-bond acceptors (Lipinski definition) is 2. The molecule has 1 fully saturated rings. The first kappa shape index (κ1) is 14.6. The summed E-state index contributed by atoms with van der Waals surface area (Å²) in [6, 6.07) is 7.64. The number of carbonyl (C=O) groups excluding carboxylic acids is 2. The highest BCUT2D eigenvalue weighted by atomic mass is 16.2. The lowest BCUT2D eigenvalue weighted by Gasteiger charge is -2.44. The van der Waals surface area contributed by atoms with Crippen LogP contribution < -0.4 is 5.32 Å². The van der Waals surface area contributed by atoms with Gasteiger partial charge in [0.1, 0.15) is 11.6 Å². The standard InChI is InChI=1S/C16H22N2O2/c1-5-13-14(19)18(16(3,4)15(20)17-13)10-12-8-6-7-11(2)9-12/h6-9,13H,5,10H2,1-4H3,(H,17,20). The Morgan fingerprint density at radius 3 is 2.60 bits per heavy atom. The molecule has 0 saturated carbocycles. The molecule has 1 atom stereocenters. The molecule has 0 aliphatic carbocycles. The van der Waals surface area contributed by atoms with Gasteiger partial charge in [-0.1, -0.05) is 36.8 Å². The van der Waals surface area contributed by atoms with Gasteiger partial charge in [0.2, 0.25) is 11.8 Å². The van der Waals surface area contributed by atoms with Crippen LogP contribution in [0, 0.1) is 6.92 Å². The first-order chi connectivity index (χ1) is 9.36. The fourth-order valence-corrected chi connectivity index (χ4v) is 2.53. The van der Waals surface area contributed by atoms with E-state index in [1.165, 1.54) is 0 Å². The third kappa shape index (κ3) is 2.55. The topological polar surface area (TPSA) is 49.4 Å². The Kier molecular flexibility index (Phi) is 3.84. The molecule has 20 heavy (non-hydrogen) atoms. The molecule has 1 heterocycles. The zero-order valence-electron chi connectivity index (χ0n) is 12.6. The van der Waals surface area contributed by atoms with E-state index in [-0.39, 0.29) is 11.8 Å². The normalized spacial score (nSPS) is 21.8. The summed E-state index contributed by atoms with van der Waals surface area (Å²) < 4.78 is 0. The largest absolute Gasteiger partial charge is 0.342 e. The van der Waals surface area contributed by atoms with Crippen LogP contribution in [-0.4, -0.2) is 28.3 Å². The predicted octanol–water partition coefficient (Wildman–Crippen LogP) is 2.01. The van der Waals surface area contributed by atoms with E-state index >= 15 is 0 Å². The van der Waals surface area contributed by atoms with Crippen molar-refractivity contribution in [3.8, 4) is 0 Å². The first-order valence-electron chi connectivity index (χ1n) is 7.04. The monoisotopic (exact) mass is 274 g/mol. The molecule has 2 rings (SSSR count). The zero-order chi connectivity index (χ0) is 14.9. The van der Waals surface area contributed by atoms with Crippen molar-refractivity contribution < 1.29 is 9.59 Å². The molecule has 108 valence electrons. The molecule has 0 radical (unpaired) electrons. The van der Waals surface area contributed by atoms with Gasteiger partial charge in [0, 0.05) is 6.54 Å². The summed E-state index contributed by atoms with van der Waals surface area (Å²) >= 11 is 0. The third-order valence-corrected chi connectivity index (χ3v) is 3.93. The molecule has 1 saturated heterocycles. The van der Waals surface area contributed by atoms with Gasteiger partial charge in [-0.2, -0.15) is 0 Å². The lowest BCUT2D eigenvalue weighted by atomic mass is 9.94. The van der Waals surface area contributed by atoms with E-state index in [4.69, 9.17) is 0 Å². The summed E-state index contributed by atoms with van der Waals surface area (Å²) in [7, 11) is 0. The number of hydrogen-bond donors (Lipinski definition) is 1. The molecule has 0 bridgehead atoms. The summed E-state index contributed by atoms with van der Waals surface area (Å²) in [6.07, 6.45) is 0.616. The molecule has 1 aliphatic heterocycles. The Morgan fingerprint density at radius 2 is 2.00 bits per heavy atom. The summed E-state index contributed by atoms with van der Waals surface area (Å²) in [5, 5.41) is 2.80. The van der Waals surface area contributed by atoms with Gasteiger partial charge in [-0.15, -0.1) is 0 Å². The van der Waals surface area contributed by atoms with Crippen LogP contribution in [0.25, 0.3) is 0 Å². The highest BCUT2D eigenvalue weighted by Crippen LogP contribution is 2.24. The lowest BCUT2D eigenvalue weighted by molar-refractivity contribution is -0.156. The van der Waals surface area contributed by atoms with E-state index in [0.717, 1.165) is 11.1 Å². The van der Waals surface area contributed by atoms with Crippen molar-refractivity contribution >= 4 is 11.8 Å². The van der Waals surface area contributed by atoms with E-state index in [1.54, 1.807) is 18.7 Å². The Hall–Kier alpha value is -1.84. The van der Waals surface area contributed by atoms with Crippen LogP contribution in [0.3, 0.4) is 0 Å². The number of amides is 2. The van der Waals surface area contributed by atoms with E-state index in [9.17, 15) is 9.59 Å². The van der Waals surface area contributed by atoms with Crippen molar-refractivity contribution in [1.29, 1.82) is 0 Å². The average Bonchev–Trinajstić information content (AvgIpc) is 2.39. The zero-order valence-corrected chi connectivity index (χ0v) is 12.6. The van der Waals surface area contributed by atoms with Crippen LogP contribution in [-0.2, 0) is 16.1 Å². The van der Waals surface area contributed by atoms with Crippen LogP contribution in [0.1, 0.15) is 38.3 Å². The minimum atomic E-state index is -0.813. The second kappa shape index (κ2) is 5.27. The van der Waals surface area contributed by atoms with Crippen molar-refractivity contribution in [2.45, 2.75) is 52.2 Å². The maximum Gasteiger partial charge on any atom is 0.246 e. The van der Waals surface area contributed by atoms with Gasteiger partial charge in [0.25, 0.3) is 0 Å². The molecule has 2 amide bonds. The Labute approximate surface area is 120 Å². The van der Waals surface area contributed by atoms with Gasteiger partial charge in [-0.3, -0.25) is 9.59 Å². The number of nitrogens with zero attached hydrogens (tertiary/aromatic N) is 1. The summed E-state index contributed by atoms with van der Waals surface area (Å²) in [5.41, 5.74) is 1.39. The van der Waals surface area contributed by atoms with Gasteiger partial charge < -0.3 is 10.2 Å². The molecular weight excluding hydrogens is 252 g/mol. The molecule has 1 unspecified atom stereocenters. The minimum absolute atomic E-state index is 0.00129. The molecule has 1 aromatic rings. The fraction of sp³-hybridized carbons (Fsp3) is 0.500. The molecule has 0 spiro atoms. The van der Waals surface area contributed by atoms with Crippen molar-refractivity contribution in [2.24, 2.45) is 0 Å². The highest BCUT2D eigenvalue weighted by molar-refractivity contribution is 5.99. The molecule has 4 heteroatoms. The van der Waals surface area contributed by atoms with Crippen LogP contribution in [0.4, 0.5) is 0 Å². The third-order valence-electron chi connectivity index (χ3n) is 3.93. The van der Waals surface area contributed by atoms with Gasteiger partial charge >= 0.3 is 0 Å². The number of carbonyl (C=O) groups is 2. The molecule has 0 aromatic heterocycles. The summed E-state index contributed by atoms with van der Waals surface area (Å²) in [6.45, 7) is 7.99. The maximum absolute atomic E-state index is 12.5. The van der Waals surface area contributed by atoms with E-state index in [1.807, 2.05) is 32.0 Å². The second-order valence-corrected chi connectivity index (χ2v) is 5.91. The minimum Gasteiger partial charge on any atom is -0.342 e. The second-order valence-electron chi connectivity index (χ2n) is 5.91.